The van der Waals surface area contributed by atoms with Crippen LogP contribution in [0.5, 0.6) is 5.75 Å². The van der Waals surface area contributed by atoms with E-state index in [-0.39, 0.29) is 11.4 Å². The third kappa shape index (κ3) is 3.22. The summed E-state index contributed by atoms with van der Waals surface area (Å²) in [5.74, 6) is -0.239. The van der Waals surface area contributed by atoms with Gasteiger partial charge in [0.05, 0.1) is 11.1 Å². The van der Waals surface area contributed by atoms with Crippen molar-refractivity contribution in [2.24, 2.45) is 10.2 Å². The fourth-order valence-electron chi connectivity index (χ4n) is 2.85. The second kappa shape index (κ2) is 6.88. The Hall–Kier alpha value is -3.73. The van der Waals surface area contributed by atoms with Crippen molar-refractivity contribution in [2.75, 3.05) is 0 Å². The second-order valence-electron chi connectivity index (χ2n) is 6.15. The average molecular weight is 356 g/mol. The van der Waals surface area contributed by atoms with Crippen LogP contribution < -0.4 is 5.63 Å². The molecular weight excluding hydrogens is 340 g/mol. The van der Waals surface area contributed by atoms with Crippen LogP contribution in [-0.2, 0) is 0 Å². The molecule has 5 heteroatoms. The monoisotopic (exact) mass is 356 g/mol. The van der Waals surface area contributed by atoms with Crippen molar-refractivity contribution < 1.29 is 9.52 Å². The second-order valence-corrected chi connectivity index (χ2v) is 6.15. The number of azo groups is 1. The standard InChI is InChI=1S/C22H16N2O3/c1-14-7-5-6-10-18(14)23-24-20-21(25)17-13-16(15-8-3-2-4-9-15)11-12-19(17)27-22(20)26/h2-13,25H,1H3. The number of aromatic hydroxyl groups is 1. The van der Waals surface area contributed by atoms with Gasteiger partial charge in [-0.15, -0.1) is 10.2 Å². The Morgan fingerprint density at radius 2 is 1.59 bits per heavy atom. The molecule has 4 rings (SSSR count). The first-order valence-electron chi connectivity index (χ1n) is 8.46. The van der Waals surface area contributed by atoms with Crippen molar-refractivity contribution in [2.45, 2.75) is 6.92 Å². The number of nitrogens with zero attached hydrogens (tertiary/aromatic N) is 2. The van der Waals surface area contributed by atoms with Crippen LogP contribution in [0.25, 0.3) is 22.1 Å². The zero-order valence-corrected chi connectivity index (χ0v) is 14.6. The predicted octanol–water partition coefficient (Wildman–Crippen LogP) is 5.89. The molecular formula is C22H16N2O3. The molecule has 0 unspecified atom stereocenters. The average Bonchev–Trinajstić information content (AvgIpc) is 2.69. The molecule has 1 aromatic heterocycles. The van der Waals surface area contributed by atoms with Crippen molar-refractivity contribution in [3.8, 4) is 16.9 Å². The smallest absolute Gasteiger partial charge is 0.368 e. The van der Waals surface area contributed by atoms with E-state index in [0.717, 1.165) is 16.7 Å². The molecule has 3 aromatic carbocycles. The van der Waals surface area contributed by atoms with Gasteiger partial charge < -0.3 is 9.52 Å². The van der Waals surface area contributed by atoms with Crippen LogP contribution in [0.15, 0.2) is 92.2 Å². The van der Waals surface area contributed by atoms with Gasteiger partial charge in [0.1, 0.15) is 5.58 Å². The molecule has 0 spiro atoms. The summed E-state index contributed by atoms with van der Waals surface area (Å²) in [5.41, 5.74) is 2.78. The predicted molar refractivity (Wildman–Crippen MR) is 105 cm³/mol. The number of hydrogen-bond acceptors (Lipinski definition) is 5. The molecule has 0 saturated heterocycles. The SMILES string of the molecule is Cc1ccccc1N=Nc1c(O)c2cc(-c3ccccc3)ccc2oc1=O. The molecule has 0 amide bonds. The van der Waals surface area contributed by atoms with Crippen LogP contribution in [0.2, 0.25) is 0 Å². The molecule has 4 aromatic rings. The normalized spacial score (nSPS) is 11.3. The zero-order chi connectivity index (χ0) is 18.8. The van der Waals surface area contributed by atoms with Gasteiger partial charge in [0.15, 0.2) is 5.75 Å². The lowest BCUT2D eigenvalue weighted by Gasteiger charge is -2.06. The number of aryl methyl sites for hydroxylation is 1. The number of hydrogen-bond donors (Lipinski definition) is 1. The lowest BCUT2D eigenvalue weighted by atomic mass is 10.0. The number of fused-ring (bicyclic) bond motifs is 1. The van der Waals surface area contributed by atoms with Crippen LogP contribution in [0.1, 0.15) is 5.56 Å². The Bertz CT molecular complexity index is 1210. The van der Waals surface area contributed by atoms with Crippen molar-refractivity contribution in [1.82, 2.24) is 0 Å². The molecule has 0 aliphatic carbocycles. The van der Waals surface area contributed by atoms with Gasteiger partial charge in [-0.2, -0.15) is 0 Å². The van der Waals surface area contributed by atoms with Gasteiger partial charge in [-0.05, 0) is 41.8 Å². The van der Waals surface area contributed by atoms with Crippen molar-refractivity contribution in [3.63, 3.8) is 0 Å². The van der Waals surface area contributed by atoms with Crippen LogP contribution in [0, 0.1) is 6.92 Å². The van der Waals surface area contributed by atoms with Crippen LogP contribution in [0.3, 0.4) is 0 Å². The van der Waals surface area contributed by atoms with E-state index in [4.69, 9.17) is 4.42 Å². The van der Waals surface area contributed by atoms with E-state index in [1.807, 2.05) is 61.5 Å². The zero-order valence-electron chi connectivity index (χ0n) is 14.6. The highest BCUT2D eigenvalue weighted by molar-refractivity contribution is 5.91. The Balaban J connectivity index is 1.84. The van der Waals surface area contributed by atoms with Gasteiger partial charge in [-0.3, -0.25) is 0 Å². The first-order valence-corrected chi connectivity index (χ1v) is 8.46. The number of benzene rings is 3. The van der Waals surface area contributed by atoms with Gasteiger partial charge in [0, 0.05) is 0 Å². The third-order valence-corrected chi connectivity index (χ3v) is 4.34. The first-order chi connectivity index (χ1) is 13.1. The van der Waals surface area contributed by atoms with Crippen molar-refractivity contribution in [3.05, 3.63) is 88.8 Å². The lowest BCUT2D eigenvalue weighted by Crippen LogP contribution is -1.98. The van der Waals surface area contributed by atoms with Gasteiger partial charge in [-0.1, -0.05) is 54.6 Å². The van der Waals surface area contributed by atoms with Crippen molar-refractivity contribution >= 4 is 22.3 Å². The van der Waals surface area contributed by atoms with E-state index in [2.05, 4.69) is 10.2 Å². The van der Waals surface area contributed by atoms with Gasteiger partial charge in [-0.25, -0.2) is 4.79 Å². The van der Waals surface area contributed by atoms with E-state index in [1.165, 1.54) is 0 Å². The van der Waals surface area contributed by atoms with Gasteiger partial charge in [0.2, 0.25) is 5.69 Å². The quantitative estimate of drug-likeness (QED) is 0.367. The summed E-state index contributed by atoms with van der Waals surface area (Å²) in [5, 5.41) is 19.1. The molecule has 0 fully saturated rings. The van der Waals surface area contributed by atoms with E-state index >= 15 is 0 Å². The summed E-state index contributed by atoms with van der Waals surface area (Å²) in [6.45, 7) is 1.89. The minimum absolute atomic E-state index is 0.212. The highest BCUT2D eigenvalue weighted by atomic mass is 16.4. The van der Waals surface area contributed by atoms with Gasteiger partial charge in [0.25, 0.3) is 0 Å². The summed E-state index contributed by atoms with van der Waals surface area (Å²) in [6.07, 6.45) is 0. The summed E-state index contributed by atoms with van der Waals surface area (Å²) in [7, 11) is 0. The van der Waals surface area contributed by atoms with Crippen molar-refractivity contribution in [1.29, 1.82) is 0 Å². The Morgan fingerprint density at radius 3 is 2.37 bits per heavy atom. The Kier molecular flexibility index (Phi) is 4.26. The molecule has 5 nitrogen and oxygen atoms in total. The fourth-order valence-corrected chi connectivity index (χ4v) is 2.85. The fraction of sp³-hybridized carbons (Fsp3) is 0.0455. The van der Waals surface area contributed by atoms with Crippen LogP contribution in [0.4, 0.5) is 11.4 Å². The van der Waals surface area contributed by atoms with E-state index in [9.17, 15) is 9.90 Å². The molecule has 1 heterocycles. The summed E-state index contributed by atoms with van der Waals surface area (Å²) >= 11 is 0. The summed E-state index contributed by atoms with van der Waals surface area (Å²) in [4.78, 5) is 12.2. The van der Waals surface area contributed by atoms with Gasteiger partial charge >= 0.3 is 5.63 Å². The third-order valence-electron chi connectivity index (χ3n) is 4.34. The summed E-state index contributed by atoms with van der Waals surface area (Å²) in [6, 6.07) is 22.4. The molecule has 0 aliphatic heterocycles. The molecule has 132 valence electrons. The highest BCUT2D eigenvalue weighted by Crippen LogP contribution is 2.35. The minimum atomic E-state index is -0.732. The Morgan fingerprint density at radius 1 is 0.852 bits per heavy atom. The lowest BCUT2D eigenvalue weighted by molar-refractivity contribution is 0.469. The summed E-state index contributed by atoms with van der Waals surface area (Å²) < 4.78 is 5.31. The molecule has 1 N–H and O–H groups in total. The molecule has 0 aliphatic rings. The van der Waals surface area contributed by atoms with E-state index < -0.39 is 5.63 Å². The molecule has 0 atom stereocenters. The highest BCUT2D eigenvalue weighted by Gasteiger charge is 2.15. The number of rotatable bonds is 3. The topological polar surface area (TPSA) is 75.2 Å². The molecule has 0 radical (unpaired) electrons. The largest absolute Gasteiger partial charge is 0.505 e. The molecule has 0 bridgehead atoms. The maximum atomic E-state index is 12.2. The maximum Gasteiger partial charge on any atom is 0.368 e. The van der Waals surface area contributed by atoms with Crippen LogP contribution >= 0.6 is 0 Å². The Labute approximate surface area is 155 Å². The first kappa shape index (κ1) is 16.7. The molecule has 0 saturated carbocycles. The maximum absolute atomic E-state index is 12.2. The van der Waals surface area contributed by atoms with Crippen LogP contribution in [-0.4, -0.2) is 5.11 Å². The molecule has 27 heavy (non-hydrogen) atoms. The van der Waals surface area contributed by atoms with E-state index in [0.29, 0.717) is 16.7 Å². The minimum Gasteiger partial charge on any atom is -0.505 e. The van der Waals surface area contributed by atoms with E-state index in [1.54, 1.807) is 18.2 Å².